The van der Waals surface area contributed by atoms with Gasteiger partial charge in [0.25, 0.3) is 5.91 Å². The van der Waals surface area contributed by atoms with E-state index < -0.39 is 45.2 Å². The van der Waals surface area contributed by atoms with Gasteiger partial charge in [-0.1, -0.05) is 24.6 Å². The molecular formula is C23H21ClF2N2O4S. The fraction of sp³-hybridized carbons (Fsp3) is 0.304. The first-order valence-electron chi connectivity index (χ1n) is 10.1. The predicted molar refractivity (Wildman–Crippen MR) is 119 cm³/mol. The normalized spacial score (nSPS) is 18.1. The van der Waals surface area contributed by atoms with Gasteiger partial charge in [0, 0.05) is 30.1 Å². The van der Waals surface area contributed by atoms with E-state index in [0.717, 1.165) is 12.1 Å². The van der Waals surface area contributed by atoms with E-state index in [-0.39, 0.29) is 46.3 Å². The smallest absolute Gasteiger partial charge is 0.254 e. The van der Waals surface area contributed by atoms with E-state index >= 15 is 0 Å². The molecule has 1 saturated heterocycles. The van der Waals surface area contributed by atoms with Crippen molar-refractivity contribution in [3.63, 3.8) is 0 Å². The zero-order valence-corrected chi connectivity index (χ0v) is 19.2. The highest BCUT2D eigenvalue weighted by molar-refractivity contribution is 7.91. The van der Waals surface area contributed by atoms with Crippen LogP contribution in [0.3, 0.4) is 0 Å². The highest BCUT2D eigenvalue weighted by Crippen LogP contribution is 2.26. The molecule has 2 aromatic rings. The molecule has 33 heavy (non-hydrogen) atoms. The van der Waals surface area contributed by atoms with Gasteiger partial charge in [0.05, 0.1) is 15.7 Å². The molecule has 2 aromatic carbocycles. The Hall–Kier alpha value is -2.96. The van der Waals surface area contributed by atoms with Crippen LogP contribution in [0.15, 0.2) is 41.3 Å². The highest BCUT2D eigenvalue weighted by Gasteiger charge is 2.39. The summed E-state index contributed by atoms with van der Waals surface area (Å²) in [5.74, 6) is -0.730. The van der Waals surface area contributed by atoms with Gasteiger partial charge in [0.15, 0.2) is 9.84 Å². The topological polar surface area (TPSA) is 83.6 Å². The number of sulfone groups is 1. The minimum Gasteiger partial charge on any atom is -0.350 e. The molecule has 1 heterocycles. The van der Waals surface area contributed by atoms with Crippen LogP contribution >= 0.6 is 11.6 Å². The van der Waals surface area contributed by atoms with Crippen LogP contribution in [0.2, 0.25) is 5.02 Å². The van der Waals surface area contributed by atoms with Gasteiger partial charge < -0.3 is 10.2 Å². The molecule has 0 spiro atoms. The lowest BCUT2D eigenvalue weighted by Crippen LogP contribution is -2.45. The molecule has 6 nitrogen and oxygen atoms in total. The maximum absolute atomic E-state index is 14.0. The van der Waals surface area contributed by atoms with E-state index in [4.69, 9.17) is 18.0 Å². The molecule has 10 heteroatoms. The summed E-state index contributed by atoms with van der Waals surface area (Å²) in [5, 5.41) is 2.13. The molecule has 2 amide bonds. The maximum Gasteiger partial charge on any atom is 0.254 e. The van der Waals surface area contributed by atoms with Gasteiger partial charge in [-0.3, -0.25) is 9.59 Å². The molecule has 1 aliphatic heterocycles. The summed E-state index contributed by atoms with van der Waals surface area (Å²) >= 11 is 5.54. The van der Waals surface area contributed by atoms with E-state index in [1.807, 2.05) is 0 Å². The first-order chi connectivity index (χ1) is 15.6. The molecule has 3 rings (SSSR count). The van der Waals surface area contributed by atoms with Crippen molar-refractivity contribution < 1.29 is 26.8 Å². The Balaban J connectivity index is 1.81. The fourth-order valence-corrected chi connectivity index (χ4v) is 4.66. The quantitative estimate of drug-likeness (QED) is 0.494. The van der Waals surface area contributed by atoms with Crippen molar-refractivity contribution in [2.45, 2.75) is 30.8 Å². The standard InChI is InChI=1S/C23H21ClF2N2O4S/c1-3-14-8-21(22(29)27-12-16-10-20(26)18(24)11-19(16)25)28(13-14)23(30)15-6-5-7-17(9-15)33(31,32)4-2/h1,5-7,9-11,14,21H,4,8,12-13H2,2H3,(H,27,29)/t14-,21-/m1/s1. The number of halogens is 3. The Morgan fingerprint density at radius 2 is 1.97 bits per heavy atom. The monoisotopic (exact) mass is 494 g/mol. The van der Waals surface area contributed by atoms with Crippen LogP contribution in [0.25, 0.3) is 0 Å². The second kappa shape index (κ2) is 9.89. The summed E-state index contributed by atoms with van der Waals surface area (Å²) in [7, 11) is -3.53. The number of nitrogens with one attached hydrogen (secondary N) is 1. The number of nitrogens with zero attached hydrogens (tertiary/aromatic N) is 1. The molecule has 174 valence electrons. The minimum atomic E-state index is -3.53. The van der Waals surface area contributed by atoms with Crippen LogP contribution < -0.4 is 5.32 Å². The summed E-state index contributed by atoms with van der Waals surface area (Å²) in [6.45, 7) is 1.28. The van der Waals surface area contributed by atoms with E-state index in [1.165, 1.54) is 36.1 Å². The van der Waals surface area contributed by atoms with E-state index in [9.17, 15) is 26.8 Å². The van der Waals surface area contributed by atoms with E-state index in [2.05, 4.69) is 11.2 Å². The second-order valence-corrected chi connectivity index (χ2v) is 10.3. The molecule has 0 unspecified atom stereocenters. The van der Waals surface area contributed by atoms with Crippen LogP contribution in [0, 0.1) is 29.9 Å². The van der Waals surface area contributed by atoms with Crippen molar-refractivity contribution >= 4 is 33.3 Å². The first kappa shape index (κ1) is 24.7. The maximum atomic E-state index is 14.0. The van der Waals surface area contributed by atoms with Crippen LogP contribution in [-0.4, -0.2) is 43.5 Å². The molecule has 1 N–H and O–H groups in total. The zero-order chi connectivity index (χ0) is 24.3. The summed E-state index contributed by atoms with van der Waals surface area (Å²) < 4.78 is 52.0. The van der Waals surface area contributed by atoms with Gasteiger partial charge in [-0.2, -0.15) is 0 Å². The second-order valence-electron chi connectivity index (χ2n) is 7.58. The lowest BCUT2D eigenvalue weighted by molar-refractivity contribution is -0.125. The number of carbonyl (C=O) groups is 2. The average molecular weight is 495 g/mol. The van der Waals surface area contributed by atoms with Gasteiger partial charge in [0.2, 0.25) is 5.91 Å². The van der Waals surface area contributed by atoms with Gasteiger partial charge in [-0.05, 0) is 36.8 Å². The summed E-state index contributed by atoms with van der Waals surface area (Å²) in [4.78, 5) is 27.3. The Morgan fingerprint density at radius 1 is 1.24 bits per heavy atom. The summed E-state index contributed by atoms with van der Waals surface area (Å²) in [5.41, 5.74) is -0.00194. The number of benzene rings is 2. The number of hydrogen-bond donors (Lipinski definition) is 1. The first-order valence-corrected chi connectivity index (χ1v) is 12.1. The number of amides is 2. The molecule has 2 atom stereocenters. The number of rotatable bonds is 6. The minimum absolute atomic E-state index is 0.00443. The van der Waals surface area contributed by atoms with Crippen molar-refractivity contribution in [1.82, 2.24) is 10.2 Å². The Morgan fingerprint density at radius 3 is 2.64 bits per heavy atom. The van der Waals surface area contributed by atoms with E-state index in [0.29, 0.717) is 0 Å². The Labute approximate surface area is 195 Å². The van der Waals surface area contributed by atoms with Crippen LogP contribution in [0.5, 0.6) is 0 Å². The molecule has 0 saturated carbocycles. The van der Waals surface area contributed by atoms with Crippen molar-refractivity contribution in [3.05, 3.63) is 64.2 Å². The molecule has 0 bridgehead atoms. The van der Waals surface area contributed by atoms with Crippen molar-refractivity contribution in [1.29, 1.82) is 0 Å². The lowest BCUT2D eigenvalue weighted by Gasteiger charge is -2.24. The molecule has 1 aliphatic rings. The Bertz CT molecular complexity index is 1240. The van der Waals surface area contributed by atoms with Crippen molar-refractivity contribution in [3.8, 4) is 12.3 Å². The van der Waals surface area contributed by atoms with Crippen molar-refractivity contribution in [2.24, 2.45) is 5.92 Å². The highest BCUT2D eigenvalue weighted by atomic mass is 35.5. The van der Waals surface area contributed by atoms with Crippen LogP contribution in [-0.2, 0) is 21.2 Å². The third-order valence-electron chi connectivity index (χ3n) is 5.46. The average Bonchev–Trinajstić information content (AvgIpc) is 3.24. The number of carbonyl (C=O) groups excluding carboxylic acids is 2. The summed E-state index contributed by atoms with van der Waals surface area (Å²) in [6.07, 6.45) is 5.69. The molecule has 0 aromatic heterocycles. The number of likely N-dealkylation sites (tertiary alicyclic amines) is 1. The molecule has 0 radical (unpaired) electrons. The third kappa shape index (κ3) is 5.34. The lowest BCUT2D eigenvalue weighted by atomic mass is 10.1. The van der Waals surface area contributed by atoms with Crippen molar-refractivity contribution in [2.75, 3.05) is 12.3 Å². The SMILES string of the molecule is C#C[C@@H]1C[C@H](C(=O)NCc2cc(F)c(Cl)cc2F)N(C(=O)c2cccc(S(=O)(=O)CC)c2)C1. The van der Waals surface area contributed by atoms with E-state index in [1.54, 1.807) is 0 Å². The van der Waals surface area contributed by atoms with Gasteiger partial charge in [-0.25, -0.2) is 17.2 Å². The Kier molecular flexibility index (Phi) is 7.40. The largest absolute Gasteiger partial charge is 0.350 e. The predicted octanol–water partition coefficient (Wildman–Crippen LogP) is 3.19. The van der Waals surface area contributed by atoms with Crippen LogP contribution in [0.1, 0.15) is 29.3 Å². The summed E-state index contributed by atoms with van der Waals surface area (Å²) in [6, 6.07) is 6.33. The molecular weight excluding hydrogens is 474 g/mol. The third-order valence-corrected chi connectivity index (χ3v) is 7.48. The van der Waals surface area contributed by atoms with Crippen LogP contribution in [0.4, 0.5) is 8.78 Å². The van der Waals surface area contributed by atoms with Gasteiger partial charge in [0.1, 0.15) is 17.7 Å². The molecule has 1 fully saturated rings. The fourth-order valence-electron chi connectivity index (χ4n) is 3.58. The van der Waals surface area contributed by atoms with Gasteiger partial charge >= 0.3 is 0 Å². The zero-order valence-electron chi connectivity index (χ0n) is 17.6. The molecule has 0 aliphatic carbocycles. The number of hydrogen-bond acceptors (Lipinski definition) is 4. The number of terminal acetylenes is 1. The van der Waals surface area contributed by atoms with Gasteiger partial charge in [-0.15, -0.1) is 12.3 Å².